The van der Waals surface area contributed by atoms with Crippen LogP contribution >= 0.6 is 0 Å². The van der Waals surface area contributed by atoms with Crippen molar-refractivity contribution < 1.29 is 14.3 Å². The summed E-state index contributed by atoms with van der Waals surface area (Å²) in [5.74, 6) is 2.12. The first kappa shape index (κ1) is 14.6. The van der Waals surface area contributed by atoms with Crippen molar-refractivity contribution in [1.29, 1.82) is 0 Å². The van der Waals surface area contributed by atoms with Crippen LogP contribution in [0.15, 0.2) is 35.4 Å². The third-order valence-electron chi connectivity index (χ3n) is 5.59. The molecule has 0 unspecified atom stereocenters. The molecule has 4 rings (SSSR count). The first-order chi connectivity index (χ1) is 11.2. The molecule has 0 N–H and O–H groups in total. The highest BCUT2D eigenvalue weighted by molar-refractivity contribution is 5.97. The zero-order chi connectivity index (χ0) is 16.0. The van der Waals surface area contributed by atoms with Crippen molar-refractivity contribution in [2.45, 2.75) is 39.0 Å². The van der Waals surface area contributed by atoms with E-state index in [0.29, 0.717) is 18.8 Å². The molecule has 1 heterocycles. The highest BCUT2D eigenvalue weighted by Gasteiger charge is 2.48. The Balaban J connectivity index is 1.81. The average molecular weight is 310 g/mol. The van der Waals surface area contributed by atoms with E-state index < -0.39 is 0 Å². The number of carbonyl (C=O) groups is 1. The van der Waals surface area contributed by atoms with E-state index in [1.807, 2.05) is 12.1 Å². The second kappa shape index (κ2) is 5.26. The topological polar surface area (TPSA) is 35.5 Å². The van der Waals surface area contributed by atoms with Crippen LogP contribution in [0, 0.1) is 5.41 Å². The van der Waals surface area contributed by atoms with Crippen LogP contribution in [0.25, 0.3) is 5.57 Å². The number of Topliss-reactive ketones (excluding diaryl/α,β-unsaturated/α-hetero) is 1. The number of ether oxygens (including phenoxy) is 2. The summed E-state index contributed by atoms with van der Waals surface area (Å²) in [5, 5.41) is 0. The van der Waals surface area contributed by atoms with Crippen LogP contribution in [0.2, 0.25) is 0 Å². The molecule has 23 heavy (non-hydrogen) atoms. The lowest BCUT2D eigenvalue weighted by Crippen LogP contribution is -2.34. The molecule has 0 bridgehead atoms. The quantitative estimate of drug-likeness (QED) is 0.834. The van der Waals surface area contributed by atoms with Crippen molar-refractivity contribution in [2.24, 2.45) is 5.41 Å². The van der Waals surface area contributed by atoms with Crippen LogP contribution in [-0.2, 0) is 4.79 Å². The van der Waals surface area contributed by atoms with E-state index in [2.05, 4.69) is 19.1 Å². The van der Waals surface area contributed by atoms with Crippen LogP contribution in [0.5, 0.6) is 11.5 Å². The molecular weight excluding hydrogens is 288 g/mol. The van der Waals surface area contributed by atoms with E-state index in [0.717, 1.165) is 42.7 Å². The molecule has 3 heteroatoms. The zero-order valence-corrected chi connectivity index (χ0v) is 13.8. The lowest BCUT2D eigenvalue weighted by atomic mass is 9.65. The van der Waals surface area contributed by atoms with Gasteiger partial charge >= 0.3 is 0 Å². The molecule has 0 radical (unpaired) electrons. The summed E-state index contributed by atoms with van der Waals surface area (Å²) in [6.45, 7) is 2.74. The van der Waals surface area contributed by atoms with Crippen molar-refractivity contribution in [2.75, 3.05) is 13.7 Å². The van der Waals surface area contributed by atoms with Crippen molar-refractivity contribution in [1.82, 2.24) is 0 Å². The highest BCUT2D eigenvalue weighted by Crippen LogP contribution is 2.55. The second-order valence-corrected chi connectivity index (χ2v) is 6.69. The third-order valence-corrected chi connectivity index (χ3v) is 5.59. The Morgan fingerprint density at radius 1 is 1.30 bits per heavy atom. The summed E-state index contributed by atoms with van der Waals surface area (Å²) in [6.07, 6.45) is 6.65. The molecule has 2 aliphatic carbocycles. The van der Waals surface area contributed by atoms with Crippen molar-refractivity contribution in [3.05, 3.63) is 41.0 Å². The Hall–Kier alpha value is -2.03. The zero-order valence-electron chi connectivity index (χ0n) is 13.8. The van der Waals surface area contributed by atoms with E-state index in [1.54, 1.807) is 7.11 Å². The summed E-state index contributed by atoms with van der Waals surface area (Å²) in [4.78, 5) is 12.6. The SMILES string of the molecule is CCC[C@]12CCC3=C(COc4cc(OC)ccc43)C1=CCC2=O. The summed E-state index contributed by atoms with van der Waals surface area (Å²) in [6, 6.07) is 6.04. The molecule has 0 saturated carbocycles. The van der Waals surface area contributed by atoms with Crippen molar-refractivity contribution in [3.8, 4) is 11.5 Å². The van der Waals surface area contributed by atoms with E-state index in [9.17, 15) is 4.79 Å². The average Bonchev–Trinajstić information content (AvgIpc) is 2.91. The van der Waals surface area contributed by atoms with Crippen LogP contribution in [0.3, 0.4) is 0 Å². The molecule has 1 aliphatic heterocycles. The molecular formula is C20H22O3. The van der Waals surface area contributed by atoms with Gasteiger partial charge in [0.25, 0.3) is 0 Å². The Bertz CT molecular complexity index is 741. The van der Waals surface area contributed by atoms with Crippen LogP contribution in [-0.4, -0.2) is 19.5 Å². The fourth-order valence-electron chi connectivity index (χ4n) is 4.51. The highest BCUT2D eigenvalue weighted by atomic mass is 16.5. The monoisotopic (exact) mass is 310 g/mol. The molecule has 3 aliphatic rings. The first-order valence-corrected chi connectivity index (χ1v) is 8.47. The van der Waals surface area contributed by atoms with E-state index in [1.165, 1.54) is 16.7 Å². The molecule has 1 atom stereocenters. The molecule has 1 aromatic rings. The van der Waals surface area contributed by atoms with Gasteiger partial charge in [0.15, 0.2) is 0 Å². The Morgan fingerprint density at radius 2 is 2.17 bits per heavy atom. The lowest BCUT2D eigenvalue weighted by Gasteiger charge is -2.39. The Kier molecular flexibility index (Phi) is 3.33. The van der Waals surface area contributed by atoms with E-state index in [-0.39, 0.29) is 5.41 Å². The van der Waals surface area contributed by atoms with Gasteiger partial charge in [-0.2, -0.15) is 0 Å². The smallest absolute Gasteiger partial charge is 0.147 e. The first-order valence-electron chi connectivity index (χ1n) is 8.47. The number of fused-ring (bicyclic) bond motifs is 4. The van der Waals surface area contributed by atoms with Gasteiger partial charge in [-0.15, -0.1) is 0 Å². The van der Waals surface area contributed by atoms with Gasteiger partial charge in [0, 0.05) is 18.1 Å². The minimum atomic E-state index is -0.235. The van der Waals surface area contributed by atoms with Gasteiger partial charge < -0.3 is 9.47 Å². The molecule has 0 fully saturated rings. The number of benzene rings is 1. The van der Waals surface area contributed by atoms with Gasteiger partial charge in [0.05, 0.1) is 12.5 Å². The number of hydrogen-bond acceptors (Lipinski definition) is 3. The van der Waals surface area contributed by atoms with Gasteiger partial charge in [-0.3, -0.25) is 4.79 Å². The fourth-order valence-corrected chi connectivity index (χ4v) is 4.51. The molecule has 3 nitrogen and oxygen atoms in total. The number of hydrogen-bond donors (Lipinski definition) is 0. The minimum absolute atomic E-state index is 0.235. The number of ketones is 1. The molecule has 0 amide bonds. The predicted molar refractivity (Wildman–Crippen MR) is 89.7 cm³/mol. The summed E-state index contributed by atoms with van der Waals surface area (Å²) >= 11 is 0. The van der Waals surface area contributed by atoms with Crippen molar-refractivity contribution >= 4 is 11.4 Å². The largest absolute Gasteiger partial charge is 0.497 e. The van der Waals surface area contributed by atoms with Crippen LogP contribution in [0.4, 0.5) is 0 Å². The maximum atomic E-state index is 12.6. The number of allylic oxidation sites excluding steroid dienone is 2. The Morgan fingerprint density at radius 3 is 2.96 bits per heavy atom. The van der Waals surface area contributed by atoms with E-state index in [4.69, 9.17) is 9.47 Å². The standard InChI is InChI=1S/C20H22O3/c1-3-9-20-10-8-14-15-5-4-13(22-2)11-18(15)23-12-16(14)17(20)6-7-19(20)21/h4-6,11H,3,7-10,12H2,1-2H3/t20-/m0/s1. The predicted octanol–water partition coefficient (Wildman–Crippen LogP) is 4.32. The molecule has 0 saturated heterocycles. The lowest BCUT2D eigenvalue weighted by molar-refractivity contribution is -0.125. The maximum absolute atomic E-state index is 12.6. The fraction of sp³-hybridized carbons (Fsp3) is 0.450. The van der Waals surface area contributed by atoms with Gasteiger partial charge in [-0.1, -0.05) is 19.4 Å². The van der Waals surface area contributed by atoms with Crippen LogP contribution < -0.4 is 9.47 Å². The maximum Gasteiger partial charge on any atom is 0.147 e. The van der Waals surface area contributed by atoms with Crippen LogP contribution in [0.1, 0.15) is 44.6 Å². The van der Waals surface area contributed by atoms with Gasteiger partial charge in [-0.25, -0.2) is 0 Å². The molecule has 0 aromatic heterocycles. The van der Waals surface area contributed by atoms with Gasteiger partial charge in [-0.05, 0) is 48.1 Å². The van der Waals surface area contributed by atoms with Crippen molar-refractivity contribution in [3.63, 3.8) is 0 Å². The van der Waals surface area contributed by atoms with E-state index >= 15 is 0 Å². The number of carbonyl (C=O) groups excluding carboxylic acids is 1. The normalized spacial score (nSPS) is 25.3. The van der Waals surface area contributed by atoms with Gasteiger partial charge in [0.1, 0.15) is 23.9 Å². The summed E-state index contributed by atoms with van der Waals surface area (Å²) in [7, 11) is 1.67. The Labute approximate surface area is 137 Å². The molecule has 0 spiro atoms. The molecule has 120 valence electrons. The number of rotatable bonds is 3. The summed E-state index contributed by atoms with van der Waals surface area (Å²) < 4.78 is 11.3. The summed E-state index contributed by atoms with van der Waals surface area (Å²) in [5.41, 5.74) is 4.81. The number of methoxy groups -OCH3 is 1. The minimum Gasteiger partial charge on any atom is -0.497 e. The molecule has 1 aromatic carbocycles. The second-order valence-electron chi connectivity index (χ2n) is 6.69. The van der Waals surface area contributed by atoms with Gasteiger partial charge in [0.2, 0.25) is 0 Å². The third kappa shape index (κ3) is 1.99.